The summed E-state index contributed by atoms with van der Waals surface area (Å²) in [6.45, 7) is 4.54. The number of hydrogen-bond donors (Lipinski definition) is 1. The first kappa shape index (κ1) is 16.5. The number of hydrogen-bond acceptors (Lipinski definition) is 4. The number of halogens is 1. The zero-order chi connectivity index (χ0) is 16.3. The van der Waals surface area contributed by atoms with Crippen molar-refractivity contribution in [2.24, 2.45) is 4.99 Å². The van der Waals surface area contributed by atoms with Crippen LogP contribution in [0.5, 0.6) is 5.88 Å². The summed E-state index contributed by atoms with van der Waals surface area (Å²) < 4.78 is 3.21. The van der Waals surface area contributed by atoms with Crippen molar-refractivity contribution in [3.05, 3.63) is 50.0 Å². The minimum Gasteiger partial charge on any atom is -0.494 e. The molecule has 7 heteroatoms. The van der Waals surface area contributed by atoms with Gasteiger partial charge in [-0.15, -0.1) is 0 Å². The molecule has 0 bridgehead atoms. The summed E-state index contributed by atoms with van der Waals surface area (Å²) in [5.41, 5.74) is 0.249. The Balaban J connectivity index is 2.64. The lowest BCUT2D eigenvalue weighted by Gasteiger charge is -2.13. The number of rotatable bonds is 4. The molecule has 2 rings (SSSR count). The van der Waals surface area contributed by atoms with E-state index in [1.165, 1.54) is 15.3 Å². The summed E-state index contributed by atoms with van der Waals surface area (Å²) in [7, 11) is 0. The second-order valence-electron chi connectivity index (χ2n) is 4.52. The van der Waals surface area contributed by atoms with E-state index < -0.39 is 0 Å². The van der Waals surface area contributed by atoms with Crippen molar-refractivity contribution in [2.75, 3.05) is 0 Å². The molecule has 0 spiro atoms. The summed E-state index contributed by atoms with van der Waals surface area (Å²) in [4.78, 5) is 16.6. The highest BCUT2D eigenvalue weighted by Crippen LogP contribution is 2.24. The molecule has 0 saturated heterocycles. The Bertz CT molecular complexity index is 840. The van der Waals surface area contributed by atoms with Crippen molar-refractivity contribution >= 4 is 35.7 Å². The molecule has 1 aromatic heterocycles. The van der Waals surface area contributed by atoms with E-state index in [9.17, 15) is 9.90 Å². The highest BCUT2D eigenvalue weighted by Gasteiger charge is 2.13. The van der Waals surface area contributed by atoms with Crippen LogP contribution in [0, 0.1) is 4.77 Å². The van der Waals surface area contributed by atoms with Crippen LogP contribution in [-0.4, -0.2) is 20.5 Å². The average Bonchev–Trinajstić information content (AvgIpc) is 2.49. The molecule has 22 heavy (non-hydrogen) atoms. The summed E-state index contributed by atoms with van der Waals surface area (Å²) >= 11 is 11.3. The number of benzene rings is 1. The first-order chi connectivity index (χ1) is 10.5. The van der Waals surface area contributed by atoms with Gasteiger partial charge in [0.05, 0.1) is 10.7 Å². The Hall–Kier alpha value is -1.92. The van der Waals surface area contributed by atoms with E-state index in [1.54, 1.807) is 24.3 Å². The quantitative estimate of drug-likeness (QED) is 0.686. The molecule has 5 nitrogen and oxygen atoms in total. The van der Waals surface area contributed by atoms with Crippen LogP contribution in [0.1, 0.15) is 19.4 Å². The van der Waals surface area contributed by atoms with Crippen LogP contribution in [0.2, 0.25) is 5.02 Å². The van der Waals surface area contributed by atoms with Gasteiger partial charge < -0.3 is 5.11 Å². The summed E-state index contributed by atoms with van der Waals surface area (Å²) in [5.74, 6) is -0.182. The van der Waals surface area contributed by atoms with Gasteiger partial charge in [-0.2, -0.15) is 0 Å². The Kier molecular flexibility index (Phi) is 5.15. The third kappa shape index (κ3) is 2.98. The maximum Gasteiger partial charge on any atom is 0.267 e. The van der Waals surface area contributed by atoms with Crippen molar-refractivity contribution in [2.45, 2.75) is 26.9 Å². The maximum absolute atomic E-state index is 12.4. The second kappa shape index (κ2) is 6.89. The molecule has 1 aromatic carbocycles. The monoisotopic (exact) mass is 337 g/mol. The van der Waals surface area contributed by atoms with Gasteiger partial charge in [0.15, 0.2) is 4.77 Å². The molecule has 0 aliphatic rings. The fraction of sp³-hybridized carbons (Fsp3) is 0.267. The largest absolute Gasteiger partial charge is 0.494 e. The van der Waals surface area contributed by atoms with Gasteiger partial charge in [0.2, 0.25) is 5.88 Å². The lowest BCUT2D eigenvalue weighted by Crippen LogP contribution is -2.27. The van der Waals surface area contributed by atoms with Crippen molar-refractivity contribution in [3.63, 3.8) is 0 Å². The second-order valence-corrected chi connectivity index (χ2v) is 5.30. The third-order valence-electron chi connectivity index (χ3n) is 3.25. The number of aliphatic imine (C=N–C) groups is 1. The van der Waals surface area contributed by atoms with Gasteiger partial charge in [-0.1, -0.05) is 23.7 Å². The van der Waals surface area contributed by atoms with E-state index in [0.717, 1.165) is 0 Å². The molecule has 2 aromatic rings. The summed E-state index contributed by atoms with van der Waals surface area (Å²) in [6.07, 6.45) is 1.33. The van der Waals surface area contributed by atoms with Crippen LogP contribution >= 0.6 is 23.8 Å². The van der Waals surface area contributed by atoms with Gasteiger partial charge in [-0.05, 0) is 38.2 Å². The molecule has 0 unspecified atom stereocenters. The number of para-hydroxylation sites is 1. The standard InChI is InChI=1S/C15H16ClN3O2S/c1-3-18-13(20)10(14(21)19(4-2)15(18)22)9-17-12-8-6-5-7-11(12)16/h5-9,20H,3-4H2,1-2H3. The van der Waals surface area contributed by atoms with E-state index in [0.29, 0.717) is 28.6 Å². The van der Waals surface area contributed by atoms with Crippen molar-refractivity contribution in [1.29, 1.82) is 0 Å². The Labute approximate surface area is 138 Å². The molecular weight excluding hydrogens is 322 g/mol. The summed E-state index contributed by atoms with van der Waals surface area (Å²) in [6, 6.07) is 7.02. The molecule has 0 amide bonds. The highest BCUT2D eigenvalue weighted by atomic mass is 35.5. The fourth-order valence-electron chi connectivity index (χ4n) is 2.08. The smallest absolute Gasteiger partial charge is 0.267 e. The Morgan fingerprint density at radius 3 is 2.50 bits per heavy atom. The van der Waals surface area contributed by atoms with Gasteiger partial charge in [0.1, 0.15) is 5.56 Å². The molecule has 1 heterocycles. The predicted molar refractivity (Wildman–Crippen MR) is 91.2 cm³/mol. The molecule has 1 N–H and O–H groups in total. The van der Waals surface area contributed by atoms with Crippen LogP contribution < -0.4 is 5.56 Å². The van der Waals surface area contributed by atoms with Crippen LogP contribution in [-0.2, 0) is 13.1 Å². The van der Waals surface area contributed by atoms with Crippen molar-refractivity contribution < 1.29 is 5.11 Å². The first-order valence-electron chi connectivity index (χ1n) is 6.86. The van der Waals surface area contributed by atoms with Gasteiger partial charge >= 0.3 is 0 Å². The minimum absolute atomic E-state index is 0.0946. The summed E-state index contributed by atoms with van der Waals surface area (Å²) in [5, 5.41) is 10.7. The zero-order valence-corrected chi connectivity index (χ0v) is 13.9. The average molecular weight is 338 g/mol. The van der Waals surface area contributed by atoms with Gasteiger partial charge in [-0.3, -0.25) is 18.9 Å². The molecule has 0 radical (unpaired) electrons. The van der Waals surface area contributed by atoms with E-state index >= 15 is 0 Å². The number of nitrogens with zero attached hydrogens (tertiary/aromatic N) is 3. The number of aromatic hydroxyl groups is 1. The van der Waals surface area contributed by atoms with Crippen molar-refractivity contribution in [1.82, 2.24) is 9.13 Å². The van der Waals surface area contributed by atoms with Gasteiger partial charge in [-0.25, -0.2) is 0 Å². The van der Waals surface area contributed by atoms with Crippen molar-refractivity contribution in [3.8, 4) is 5.88 Å². The molecular formula is C15H16ClN3O2S. The van der Waals surface area contributed by atoms with Gasteiger partial charge in [0, 0.05) is 19.3 Å². The van der Waals surface area contributed by atoms with Crippen LogP contribution in [0.25, 0.3) is 0 Å². The van der Waals surface area contributed by atoms with E-state index in [-0.39, 0.29) is 17.0 Å². The van der Waals surface area contributed by atoms with E-state index in [2.05, 4.69) is 4.99 Å². The topological polar surface area (TPSA) is 59.5 Å². The van der Waals surface area contributed by atoms with Crippen LogP contribution in [0.15, 0.2) is 34.1 Å². The maximum atomic E-state index is 12.4. The van der Waals surface area contributed by atoms with Crippen LogP contribution in [0.4, 0.5) is 5.69 Å². The molecule has 0 atom stereocenters. The Morgan fingerprint density at radius 2 is 1.91 bits per heavy atom. The predicted octanol–water partition coefficient (Wildman–Crippen LogP) is 3.53. The SMILES string of the molecule is CCn1c(O)c(C=Nc2ccccc2Cl)c(=O)n(CC)c1=S. The lowest BCUT2D eigenvalue weighted by molar-refractivity contribution is 0.399. The first-order valence-corrected chi connectivity index (χ1v) is 7.65. The van der Waals surface area contributed by atoms with E-state index in [1.807, 2.05) is 13.8 Å². The molecule has 0 saturated carbocycles. The Morgan fingerprint density at radius 1 is 1.27 bits per heavy atom. The van der Waals surface area contributed by atoms with Gasteiger partial charge in [0.25, 0.3) is 5.56 Å². The number of aromatic nitrogens is 2. The molecule has 0 aliphatic carbocycles. The molecule has 0 aliphatic heterocycles. The lowest BCUT2D eigenvalue weighted by atomic mass is 10.3. The minimum atomic E-state index is -0.370. The molecule has 116 valence electrons. The highest BCUT2D eigenvalue weighted by molar-refractivity contribution is 7.71. The third-order valence-corrected chi connectivity index (χ3v) is 4.01. The molecule has 0 fully saturated rings. The fourth-order valence-corrected chi connectivity index (χ4v) is 2.69. The zero-order valence-electron chi connectivity index (χ0n) is 12.3. The van der Waals surface area contributed by atoms with Crippen LogP contribution in [0.3, 0.4) is 0 Å². The van der Waals surface area contributed by atoms with E-state index in [4.69, 9.17) is 23.8 Å². The normalized spacial score (nSPS) is 11.2.